The molecule has 0 saturated carbocycles. The van der Waals surface area contributed by atoms with Gasteiger partial charge in [-0.1, -0.05) is 0 Å². The highest BCUT2D eigenvalue weighted by atomic mass is 16.7. The fourth-order valence-electron chi connectivity index (χ4n) is 2.14. The molecule has 2 rings (SSSR count). The smallest absolute Gasteiger partial charge is 0.287 e. The summed E-state index contributed by atoms with van der Waals surface area (Å²) in [5, 5.41) is 57.9. The molecule has 23 heavy (non-hydrogen) atoms. The molecule has 1 fully saturated rings. The van der Waals surface area contributed by atoms with Crippen LogP contribution in [0, 0.1) is 21.4 Å². The Morgan fingerprint density at radius 2 is 2.00 bits per heavy atom. The second-order valence-electron chi connectivity index (χ2n) is 4.86. The largest absolute Gasteiger partial charge is 0.462 e. The molecule has 0 bridgehead atoms. The Hall–Kier alpha value is -2.29. The van der Waals surface area contributed by atoms with Crippen LogP contribution in [-0.2, 0) is 4.74 Å². The Kier molecular flexibility index (Phi) is 5.09. The Balaban J connectivity index is 2.21. The number of nitro benzene ring substituents is 1. The van der Waals surface area contributed by atoms with Crippen LogP contribution in [0.2, 0.25) is 0 Å². The molecule has 124 valence electrons. The van der Waals surface area contributed by atoms with Crippen LogP contribution in [0.15, 0.2) is 18.2 Å². The van der Waals surface area contributed by atoms with Crippen molar-refractivity contribution in [1.82, 2.24) is 0 Å². The van der Waals surface area contributed by atoms with E-state index in [0.29, 0.717) is 0 Å². The lowest BCUT2D eigenvalue weighted by Crippen LogP contribution is -2.60. The van der Waals surface area contributed by atoms with Crippen molar-refractivity contribution < 1.29 is 34.8 Å². The number of hydrogen-bond donors (Lipinski definition) is 4. The minimum absolute atomic E-state index is 0.0171. The van der Waals surface area contributed by atoms with Gasteiger partial charge in [0.2, 0.25) is 6.29 Å². The van der Waals surface area contributed by atoms with E-state index in [0.717, 1.165) is 12.1 Å². The first-order chi connectivity index (χ1) is 10.9. The maximum absolute atomic E-state index is 10.8. The molecule has 1 aromatic rings. The molecular formula is C13H14N2O8. The van der Waals surface area contributed by atoms with Crippen LogP contribution < -0.4 is 4.74 Å². The summed E-state index contributed by atoms with van der Waals surface area (Å²) in [5.41, 5.74) is -0.661. The molecule has 0 aliphatic carbocycles. The van der Waals surface area contributed by atoms with E-state index in [1.54, 1.807) is 6.07 Å². The lowest BCUT2D eigenvalue weighted by Gasteiger charge is -2.39. The van der Waals surface area contributed by atoms with Gasteiger partial charge in [0.25, 0.3) is 5.69 Å². The fraction of sp³-hybridized carbons (Fsp3) is 0.462. The second-order valence-corrected chi connectivity index (χ2v) is 4.86. The van der Waals surface area contributed by atoms with Gasteiger partial charge in [0.05, 0.1) is 11.5 Å². The summed E-state index contributed by atoms with van der Waals surface area (Å²) >= 11 is 0. The van der Waals surface area contributed by atoms with Gasteiger partial charge in [-0.15, -0.1) is 0 Å². The van der Waals surface area contributed by atoms with E-state index in [1.807, 2.05) is 0 Å². The highest BCUT2D eigenvalue weighted by Crippen LogP contribution is 2.27. The second kappa shape index (κ2) is 6.86. The molecule has 1 heterocycles. The summed E-state index contributed by atoms with van der Waals surface area (Å²) in [6.45, 7) is -0.617. The SMILES string of the molecule is N#Cc1cc(OC2OC(CO)C(O)C(O)C2O)ccc1[N+](=O)[O-]. The zero-order valence-electron chi connectivity index (χ0n) is 11.6. The van der Waals surface area contributed by atoms with Crippen molar-refractivity contribution in [3.05, 3.63) is 33.9 Å². The first-order valence-corrected chi connectivity index (χ1v) is 6.54. The zero-order chi connectivity index (χ0) is 17.1. The molecule has 1 aliphatic rings. The van der Waals surface area contributed by atoms with Gasteiger partial charge in [-0.3, -0.25) is 10.1 Å². The highest BCUT2D eigenvalue weighted by Gasteiger charge is 2.44. The van der Waals surface area contributed by atoms with Crippen LogP contribution in [0.5, 0.6) is 5.75 Å². The van der Waals surface area contributed by atoms with Crippen LogP contribution in [0.25, 0.3) is 0 Å². The van der Waals surface area contributed by atoms with E-state index in [1.165, 1.54) is 6.07 Å². The van der Waals surface area contributed by atoms with Gasteiger partial charge in [-0.05, 0) is 6.07 Å². The van der Waals surface area contributed by atoms with E-state index in [-0.39, 0.29) is 11.3 Å². The minimum atomic E-state index is -1.62. The van der Waals surface area contributed by atoms with Crippen molar-refractivity contribution in [3.63, 3.8) is 0 Å². The molecule has 0 radical (unpaired) electrons. The maximum Gasteiger partial charge on any atom is 0.287 e. The summed E-state index contributed by atoms with van der Waals surface area (Å²) in [5.74, 6) is -0.0171. The molecule has 10 nitrogen and oxygen atoms in total. The lowest BCUT2D eigenvalue weighted by atomic mass is 9.99. The van der Waals surface area contributed by atoms with Gasteiger partial charge in [0.15, 0.2) is 0 Å². The molecule has 0 amide bonds. The van der Waals surface area contributed by atoms with E-state index < -0.39 is 47.9 Å². The number of aliphatic hydroxyl groups excluding tert-OH is 4. The average Bonchev–Trinajstić information content (AvgIpc) is 2.54. The summed E-state index contributed by atoms with van der Waals surface area (Å²) in [4.78, 5) is 10.0. The van der Waals surface area contributed by atoms with E-state index in [9.17, 15) is 25.4 Å². The third-order valence-corrected chi connectivity index (χ3v) is 3.39. The van der Waals surface area contributed by atoms with Gasteiger partial charge in [0, 0.05) is 12.1 Å². The molecule has 0 aromatic heterocycles. The van der Waals surface area contributed by atoms with Crippen molar-refractivity contribution in [2.75, 3.05) is 6.61 Å². The van der Waals surface area contributed by atoms with E-state index in [4.69, 9.17) is 19.8 Å². The number of nitro groups is 1. The molecular weight excluding hydrogens is 312 g/mol. The van der Waals surface area contributed by atoms with Crippen LogP contribution >= 0.6 is 0 Å². The van der Waals surface area contributed by atoms with Crippen molar-refractivity contribution in [3.8, 4) is 11.8 Å². The van der Waals surface area contributed by atoms with Gasteiger partial charge in [0.1, 0.15) is 41.8 Å². The zero-order valence-corrected chi connectivity index (χ0v) is 11.6. The van der Waals surface area contributed by atoms with Crippen molar-refractivity contribution >= 4 is 5.69 Å². The Labute approximate surface area is 129 Å². The molecule has 0 spiro atoms. The molecule has 5 unspecified atom stereocenters. The predicted octanol–water partition coefficient (Wildman–Crippen LogP) is -1.35. The van der Waals surface area contributed by atoms with Crippen molar-refractivity contribution in [2.24, 2.45) is 0 Å². The Bertz CT molecular complexity index is 629. The molecule has 5 atom stereocenters. The molecule has 1 aliphatic heterocycles. The fourth-order valence-corrected chi connectivity index (χ4v) is 2.14. The quantitative estimate of drug-likeness (QED) is 0.386. The number of hydrogen-bond acceptors (Lipinski definition) is 9. The summed E-state index contributed by atoms with van der Waals surface area (Å²) < 4.78 is 10.4. The predicted molar refractivity (Wildman–Crippen MR) is 72.2 cm³/mol. The average molecular weight is 326 g/mol. The van der Waals surface area contributed by atoms with Crippen molar-refractivity contribution in [2.45, 2.75) is 30.7 Å². The van der Waals surface area contributed by atoms with Gasteiger partial charge < -0.3 is 29.9 Å². The highest BCUT2D eigenvalue weighted by molar-refractivity contribution is 5.52. The molecule has 10 heteroatoms. The van der Waals surface area contributed by atoms with E-state index in [2.05, 4.69) is 0 Å². The first-order valence-electron chi connectivity index (χ1n) is 6.54. The molecule has 1 aromatic carbocycles. The third kappa shape index (κ3) is 3.39. The number of nitrogens with zero attached hydrogens (tertiary/aromatic N) is 2. The van der Waals surface area contributed by atoms with Gasteiger partial charge >= 0.3 is 0 Å². The van der Waals surface area contributed by atoms with Crippen LogP contribution in [-0.4, -0.2) is 62.7 Å². The number of nitriles is 1. The van der Waals surface area contributed by atoms with E-state index >= 15 is 0 Å². The normalized spacial score (nSPS) is 30.5. The topological polar surface area (TPSA) is 166 Å². The van der Waals surface area contributed by atoms with Crippen molar-refractivity contribution in [1.29, 1.82) is 5.26 Å². The third-order valence-electron chi connectivity index (χ3n) is 3.39. The summed E-state index contributed by atoms with van der Waals surface area (Å²) in [7, 11) is 0. The molecule has 4 N–H and O–H groups in total. The summed E-state index contributed by atoms with van der Waals surface area (Å²) in [6, 6.07) is 4.98. The lowest BCUT2D eigenvalue weighted by molar-refractivity contribution is -0.385. The molecule has 1 saturated heterocycles. The van der Waals surface area contributed by atoms with Crippen LogP contribution in [0.4, 0.5) is 5.69 Å². The Morgan fingerprint density at radius 3 is 2.57 bits per heavy atom. The monoisotopic (exact) mass is 326 g/mol. The van der Waals surface area contributed by atoms with Crippen LogP contribution in [0.3, 0.4) is 0 Å². The number of benzene rings is 1. The number of rotatable bonds is 4. The van der Waals surface area contributed by atoms with Gasteiger partial charge in [-0.2, -0.15) is 5.26 Å². The van der Waals surface area contributed by atoms with Gasteiger partial charge in [-0.25, -0.2) is 0 Å². The minimum Gasteiger partial charge on any atom is -0.462 e. The standard InChI is InChI=1S/C13H14N2O8/c14-4-6-3-7(1-2-8(6)15(20)21)22-13-12(19)11(18)10(17)9(5-16)23-13/h1-3,9-13,16-19H,5H2. The maximum atomic E-state index is 10.8. The summed E-state index contributed by atoms with van der Waals surface area (Å²) in [6.07, 6.45) is -7.33. The number of ether oxygens (including phenoxy) is 2. The number of aliphatic hydroxyl groups is 4. The van der Waals surface area contributed by atoms with Crippen LogP contribution in [0.1, 0.15) is 5.56 Å². The first kappa shape index (κ1) is 17.1. The Morgan fingerprint density at radius 1 is 1.30 bits per heavy atom.